The van der Waals surface area contributed by atoms with Crippen LogP contribution in [0.2, 0.25) is 5.02 Å². The van der Waals surface area contributed by atoms with Crippen molar-refractivity contribution in [2.45, 2.75) is 69.8 Å². The molecule has 1 aromatic rings. The maximum atomic E-state index is 13.0. The van der Waals surface area contributed by atoms with Crippen molar-refractivity contribution < 1.29 is 24.2 Å². The second-order valence-corrected chi connectivity index (χ2v) is 11.0. The molecule has 4 heterocycles. The van der Waals surface area contributed by atoms with Gasteiger partial charge in [-0.05, 0) is 75.4 Å². The predicted octanol–water partition coefficient (Wildman–Crippen LogP) is 2.43. The summed E-state index contributed by atoms with van der Waals surface area (Å²) < 4.78 is 11.5. The van der Waals surface area contributed by atoms with Crippen LogP contribution in [0.5, 0.6) is 0 Å². The van der Waals surface area contributed by atoms with Gasteiger partial charge in [-0.15, -0.1) is 0 Å². The van der Waals surface area contributed by atoms with Crippen molar-refractivity contribution in [2.24, 2.45) is 5.92 Å². The van der Waals surface area contributed by atoms with Gasteiger partial charge in [-0.2, -0.15) is 0 Å². The van der Waals surface area contributed by atoms with E-state index in [1.807, 2.05) is 0 Å². The van der Waals surface area contributed by atoms with Gasteiger partial charge < -0.3 is 30.5 Å². The van der Waals surface area contributed by atoms with E-state index >= 15 is 0 Å². The Balaban J connectivity index is 1.15. The highest BCUT2D eigenvalue weighted by Gasteiger charge is 2.36. The van der Waals surface area contributed by atoms with Crippen LogP contribution in [0.4, 0.5) is 5.69 Å². The first kappa shape index (κ1) is 28.1. The number of hydrogen-bond donors (Lipinski definition) is 3. The number of aliphatic hydroxyl groups excluding tert-OH is 1. The zero-order chi connectivity index (χ0) is 26.4. The number of carbonyl (C=O) groups excluding carboxylic acids is 2. The number of nitrogens with zero attached hydrogens (tertiary/aromatic N) is 2. The number of ether oxygens (including phenoxy) is 2. The summed E-state index contributed by atoms with van der Waals surface area (Å²) in [6.07, 6.45) is 6.30. The number of amides is 1. The lowest BCUT2D eigenvalue weighted by Gasteiger charge is -2.43. The summed E-state index contributed by atoms with van der Waals surface area (Å²) in [6.45, 7) is 5.36. The van der Waals surface area contributed by atoms with Gasteiger partial charge in [-0.1, -0.05) is 18.0 Å². The van der Waals surface area contributed by atoms with E-state index in [9.17, 15) is 14.7 Å². The van der Waals surface area contributed by atoms with E-state index in [1.165, 1.54) is 6.07 Å². The summed E-state index contributed by atoms with van der Waals surface area (Å²) in [5, 5.41) is 12.9. The highest BCUT2D eigenvalue weighted by atomic mass is 35.5. The molecular weight excluding hydrogens is 496 g/mol. The van der Waals surface area contributed by atoms with Crippen LogP contribution in [0.25, 0.3) is 0 Å². The van der Waals surface area contributed by atoms with Crippen LogP contribution in [-0.2, 0) is 20.9 Å². The van der Waals surface area contributed by atoms with Gasteiger partial charge in [-0.3, -0.25) is 14.5 Å². The number of fused-ring (bicyclic) bond motifs is 3. The molecule has 9 nitrogen and oxygen atoms in total. The van der Waals surface area contributed by atoms with E-state index in [2.05, 4.69) is 15.1 Å². The third-order valence-corrected chi connectivity index (χ3v) is 8.39. The lowest BCUT2D eigenvalue weighted by atomic mass is 9.86. The van der Waals surface area contributed by atoms with E-state index in [0.717, 1.165) is 71.2 Å². The van der Waals surface area contributed by atoms with Gasteiger partial charge in [0.05, 0.1) is 29.3 Å². The number of aliphatic hydroxyl groups is 1. The van der Waals surface area contributed by atoms with Crippen LogP contribution in [0, 0.1) is 5.92 Å². The molecule has 206 valence electrons. The highest BCUT2D eigenvalue weighted by Crippen LogP contribution is 2.30. The first-order chi connectivity index (χ1) is 17.9. The molecule has 4 fully saturated rings. The van der Waals surface area contributed by atoms with Crippen molar-refractivity contribution in [3.63, 3.8) is 0 Å². The number of unbranched alkanes of at least 4 members (excludes halogenated alkanes) is 2. The molecule has 0 spiro atoms. The Kier molecular flexibility index (Phi) is 10.1. The van der Waals surface area contributed by atoms with E-state index in [1.54, 1.807) is 13.2 Å². The van der Waals surface area contributed by atoms with Crippen LogP contribution in [0.1, 0.15) is 60.9 Å². The number of piperidine rings is 4. The minimum absolute atomic E-state index is 0.0553. The minimum Gasteiger partial charge on any atom is -0.461 e. The van der Waals surface area contributed by atoms with Gasteiger partial charge in [0, 0.05) is 38.9 Å². The average molecular weight is 537 g/mol. The van der Waals surface area contributed by atoms with Crippen molar-refractivity contribution in [1.29, 1.82) is 0 Å². The monoisotopic (exact) mass is 536 g/mol. The molecule has 4 saturated heterocycles. The Bertz CT molecular complexity index is 940. The number of carbonyl (C=O) groups is 2. The van der Waals surface area contributed by atoms with E-state index in [0.29, 0.717) is 30.1 Å². The first-order valence-electron chi connectivity index (χ1n) is 13.5. The summed E-state index contributed by atoms with van der Waals surface area (Å²) >= 11 is 6.26. The zero-order valence-corrected chi connectivity index (χ0v) is 22.5. The van der Waals surface area contributed by atoms with Crippen LogP contribution in [0.3, 0.4) is 0 Å². The number of halogens is 1. The van der Waals surface area contributed by atoms with Gasteiger partial charge in [0.15, 0.2) is 0 Å². The Labute approximate surface area is 224 Å². The second-order valence-electron chi connectivity index (χ2n) is 10.6. The maximum absolute atomic E-state index is 13.0. The highest BCUT2D eigenvalue weighted by molar-refractivity contribution is 6.34. The number of benzene rings is 1. The Morgan fingerprint density at radius 1 is 1.11 bits per heavy atom. The molecule has 37 heavy (non-hydrogen) atoms. The molecule has 4 N–H and O–H groups in total. The molecule has 1 amide bonds. The number of nitrogens with one attached hydrogen (secondary N) is 1. The number of hydrogen-bond acceptors (Lipinski definition) is 8. The summed E-state index contributed by atoms with van der Waals surface area (Å²) in [5.74, 6) is 0.163. The fourth-order valence-corrected chi connectivity index (χ4v) is 6.28. The average Bonchev–Trinajstić information content (AvgIpc) is 2.89. The standard InChI is InChI=1S/C27H41ClN4O5/c1-36-24-16-31(9-4-2-3-5-25(34)37-23-15-32-10-6-18(23)7-11-32)12-8-22(24)30-27(35)26-19(17-33)13-20(29)14-21(26)28/h13-14,18,22-24,33H,2-12,15-17,29H2,1H3,(H,30,35)/t22-,23?,24+/m1/s1. The number of methoxy groups -OCH3 is 1. The van der Waals surface area contributed by atoms with Gasteiger partial charge in [-0.25, -0.2) is 0 Å². The molecule has 0 aromatic heterocycles. The number of nitrogen functional groups attached to an aromatic ring is 1. The molecule has 0 aliphatic carbocycles. The van der Waals surface area contributed by atoms with Crippen molar-refractivity contribution in [3.05, 3.63) is 28.3 Å². The minimum atomic E-state index is -0.334. The largest absolute Gasteiger partial charge is 0.461 e. The lowest BCUT2D eigenvalue weighted by molar-refractivity contribution is -0.158. The van der Waals surface area contributed by atoms with E-state index < -0.39 is 0 Å². The van der Waals surface area contributed by atoms with Crippen LogP contribution in [-0.4, -0.2) is 91.4 Å². The van der Waals surface area contributed by atoms with E-state index in [4.69, 9.17) is 26.8 Å². The molecule has 10 heteroatoms. The number of anilines is 1. The molecule has 3 atom stereocenters. The number of likely N-dealkylation sites (tertiary alicyclic amines) is 1. The molecule has 4 aliphatic heterocycles. The summed E-state index contributed by atoms with van der Waals surface area (Å²) in [5.41, 5.74) is 6.85. The van der Waals surface area contributed by atoms with Gasteiger partial charge in [0.2, 0.25) is 0 Å². The first-order valence-corrected chi connectivity index (χ1v) is 13.9. The number of nitrogens with two attached hydrogens (primary N) is 1. The second kappa shape index (κ2) is 13.2. The maximum Gasteiger partial charge on any atom is 0.306 e. The summed E-state index contributed by atoms with van der Waals surface area (Å²) in [7, 11) is 1.66. The lowest BCUT2D eigenvalue weighted by Crippen LogP contribution is -2.55. The third-order valence-electron chi connectivity index (χ3n) is 8.09. The van der Waals surface area contributed by atoms with Crippen molar-refractivity contribution in [1.82, 2.24) is 15.1 Å². The van der Waals surface area contributed by atoms with Gasteiger partial charge in [0.25, 0.3) is 5.91 Å². The molecule has 1 aromatic carbocycles. The molecule has 0 saturated carbocycles. The Morgan fingerprint density at radius 3 is 2.57 bits per heavy atom. The molecule has 4 aliphatic rings. The number of esters is 1. The third kappa shape index (κ3) is 7.35. The number of rotatable bonds is 11. The molecule has 5 rings (SSSR count). The predicted molar refractivity (Wildman–Crippen MR) is 142 cm³/mol. The Hall–Kier alpha value is -1.91. The quantitative estimate of drug-likeness (QED) is 0.224. The molecular formula is C27H41ClN4O5. The van der Waals surface area contributed by atoms with Crippen LogP contribution < -0.4 is 11.1 Å². The zero-order valence-electron chi connectivity index (χ0n) is 21.8. The molecule has 2 bridgehead atoms. The van der Waals surface area contributed by atoms with Crippen LogP contribution >= 0.6 is 11.6 Å². The van der Waals surface area contributed by atoms with E-state index in [-0.39, 0.29) is 47.3 Å². The summed E-state index contributed by atoms with van der Waals surface area (Å²) in [6, 6.07) is 2.92. The fraction of sp³-hybridized carbons (Fsp3) is 0.704. The van der Waals surface area contributed by atoms with Crippen molar-refractivity contribution >= 4 is 29.2 Å². The van der Waals surface area contributed by atoms with Crippen molar-refractivity contribution in [3.8, 4) is 0 Å². The van der Waals surface area contributed by atoms with Crippen molar-refractivity contribution in [2.75, 3.05) is 52.1 Å². The topological polar surface area (TPSA) is 117 Å². The Morgan fingerprint density at radius 2 is 1.89 bits per heavy atom. The van der Waals surface area contributed by atoms with Gasteiger partial charge in [0.1, 0.15) is 6.10 Å². The van der Waals surface area contributed by atoms with Gasteiger partial charge >= 0.3 is 5.97 Å². The smallest absolute Gasteiger partial charge is 0.306 e. The fourth-order valence-electron chi connectivity index (χ4n) is 5.95. The van der Waals surface area contributed by atoms with Crippen LogP contribution in [0.15, 0.2) is 12.1 Å². The molecule has 0 radical (unpaired) electrons. The SMILES string of the molecule is CO[C@H]1CN(CCCCCC(=O)OC2CN3CCC2CC3)CC[C@H]1NC(=O)c1c(Cl)cc(N)cc1CO. The summed E-state index contributed by atoms with van der Waals surface area (Å²) in [4.78, 5) is 30.0. The molecule has 1 unspecified atom stereocenters. The normalized spacial score (nSPS) is 27.7.